The van der Waals surface area contributed by atoms with Crippen LogP contribution in [0.4, 0.5) is 11.4 Å². The lowest BCUT2D eigenvalue weighted by Crippen LogP contribution is -2.42. The van der Waals surface area contributed by atoms with Gasteiger partial charge in [0.25, 0.3) is 0 Å². The molecule has 2 amide bonds. The minimum absolute atomic E-state index is 0.0560. The fourth-order valence-corrected chi connectivity index (χ4v) is 2.49. The number of hydrogen-bond acceptors (Lipinski definition) is 3. The molecule has 1 aliphatic rings. The monoisotopic (exact) mass is 298 g/mol. The van der Waals surface area contributed by atoms with Crippen LogP contribution in [0, 0.1) is 0 Å². The molecule has 3 rings (SSSR count). The van der Waals surface area contributed by atoms with Crippen LogP contribution in [0.3, 0.4) is 0 Å². The second-order valence-electron chi connectivity index (χ2n) is 4.89. The first kappa shape index (κ1) is 13.7. The molecule has 1 heterocycles. The van der Waals surface area contributed by atoms with E-state index in [-0.39, 0.29) is 24.8 Å². The third-order valence-corrected chi connectivity index (χ3v) is 3.66. The van der Waals surface area contributed by atoms with Gasteiger partial charge in [0.2, 0.25) is 11.8 Å². The molecule has 5 heteroatoms. The molecule has 0 aliphatic carbocycles. The third-order valence-electron chi connectivity index (χ3n) is 3.36. The van der Waals surface area contributed by atoms with E-state index in [4.69, 9.17) is 0 Å². The average molecular weight is 298 g/mol. The van der Waals surface area contributed by atoms with Gasteiger partial charge in [0.15, 0.2) is 0 Å². The number of fused-ring (bicyclic) bond motifs is 1. The van der Waals surface area contributed by atoms with Gasteiger partial charge in [0.1, 0.15) is 6.54 Å². The standard InChI is InChI=1S/C16H14N2O2S/c19-15-10-18(14-4-2-1-3-13(14)17-15)16(20)9-11-5-7-12(21)8-6-11/h1-8,21H,9-10H2,(H,17,19). The van der Waals surface area contributed by atoms with Crippen molar-refractivity contribution in [3.05, 3.63) is 54.1 Å². The van der Waals surface area contributed by atoms with Crippen LogP contribution in [-0.4, -0.2) is 18.4 Å². The molecule has 0 spiro atoms. The smallest absolute Gasteiger partial charge is 0.244 e. The van der Waals surface area contributed by atoms with Crippen molar-refractivity contribution in [2.75, 3.05) is 16.8 Å². The number of carbonyl (C=O) groups excluding carboxylic acids is 2. The van der Waals surface area contributed by atoms with Crippen molar-refractivity contribution in [1.82, 2.24) is 0 Å². The third kappa shape index (κ3) is 2.92. The summed E-state index contributed by atoms with van der Waals surface area (Å²) in [5, 5.41) is 2.77. The summed E-state index contributed by atoms with van der Waals surface area (Å²) in [6, 6.07) is 14.8. The molecule has 0 unspecified atom stereocenters. The van der Waals surface area contributed by atoms with Gasteiger partial charge in [-0.15, -0.1) is 12.6 Å². The predicted molar refractivity (Wildman–Crippen MR) is 84.8 cm³/mol. The highest BCUT2D eigenvalue weighted by molar-refractivity contribution is 7.80. The summed E-state index contributed by atoms with van der Waals surface area (Å²) in [4.78, 5) is 26.6. The first-order valence-corrected chi connectivity index (χ1v) is 7.05. The molecule has 0 saturated heterocycles. The maximum absolute atomic E-state index is 12.5. The molecule has 0 aromatic heterocycles. The topological polar surface area (TPSA) is 49.4 Å². The van der Waals surface area contributed by atoms with Gasteiger partial charge in [-0.25, -0.2) is 0 Å². The molecule has 1 N–H and O–H groups in total. The normalized spacial score (nSPS) is 13.6. The summed E-state index contributed by atoms with van der Waals surface area (Å²) < 4.78 is 0. The molecule has 0 fully saturated rings. The second kappa shape index (κ2) is 5.61. The van der Waals surface area contributed by atoms with E-state index in [9.17, 15) is 9.59 Å². The van der Waals surface area contributed by atoms with Crippen molar-refractivity contribution in [1.29, 1.82) is 0 Å². The largest absolute Gasteiger partial charge is 0.323 e. The molecule has 2 aromatic rings. The maximum atomic E-state index is 12.5. The zero-order valence-electron chi connectivity index (χ0n) is 11.2. The number of amides is 2. The van der Waals surface area contributed by atoms with Crippen molar-refractivity contribution in [3.8, 4) is 0 Å². The first-order chi connectivity index (χ1) is 10.1. The highest BCUT2D eigenvalue weighted by atomic mass is 32.1. The number of hydrogen-bond donors (Lipinski definition) is 2. The van der Waals surface area contributed by atoms with Crippen LogP contribution in [0.1, 0.15) is 5.56 Å². The number of nitrogens with zero attached hydrogens (tertiary/aromatic N) is 1. The minimum atomic E-state index is -0.173. The summed E-state index contributed by atoms with van der Waals surface area (Å²) in [7, 11) is 0. The van der Waals surface area contributed by atoms with Gasteiger partial charge in [-0.1, -0.05) is 24.3 Å². The van der Waals surface area contributed by atoms with E-state index in [0.717, 1.165) is 16.1 Å². The molecule has 21 heavy (non-hydrogen) atoms. The Labute approximate surface area is 128 Å². The lowest BCUT2D eigenvalue weighted by atomic mass is 10.1. The first-order valence-electron chi connectivity index (χ1n) is 6.60. The van der Waals surface area contributed by atoms with E-state index < -0.39 is 0 Å². The van der Waals surface area contributed by atoms with Gasteiger partial charge in [-0.2, -0.15) is 0 Å². The number of carbonyl (C=O) groups is 2. The lowest BCUT2D eigenvalue weighted by molar-refractivity contribution is -0.121. The molecule has 0 radical (unpaired) electrons. The van der Waals surface area contributed by atoms with Crippen LogP contribution in [0.2, 0.25) is 0 Å². The van der Waals surface area contributed by atoms with Crippen molar-refractivity contribution in [3.63, 3.8) is 0 Å². The second-order valence-corrected chi connectivity index (χ2v) is 5.40. The van der Waals surface area contributed by atoms with E-state index >= 15 is 0 Å². The van der Waals surface area contributed by atoms with Gasteiger partial charge in [0, 0.05) is 4.90 Å². The molecule has 1 aliphatic heterocycles. The van der Waals surface area contributed by atoms with E-state index in [1.807, 2.05) is 42.5 Å². The predicted octanol–water partition coefficient (Wildman–Crippen LogP) is 2.50. The Morgan fingerprint density at radius 3 is 2.62 bits per heavy atom. The van der Waals surface area contributed by atoms with Crippen LogP contribution in [-0.2, 0) is 16.0 Å². The van der Waals surface area contributed by atoms with Gasteiger partial charge >= 0.3 is 0 Å². The fourth-order valence-electron chi connectivity index (χ4n) is 2.34. The van der Waals surface area contributed by atoms with Gasteiger partial charge in [-0.05, 0) is 29.8 Å². The number of para-hydroxylation sites is 2. The number of nitrogens with one attached hydrogen (secondary N) is 1. The molecule has 4 nitrogen and oxygen atoms in total. The Morgan fingerprint density at radius 2 is 1.86 bits per heavy atom. The van der Waals surface area contributed by atoms with Crippen LogP contribution in [0.15, 0.2) is 53.4 Å². The van der Waals surface area contributed by atoms with Crippen LogP contribution >= 0.6 is 12.6 Å². The van der Waals surface area contributed by atoms with Gasteiger partial charge in [-0.3, -0.25) is 9.59 Å². The summed E-state index contributed by atoms with van der Waals surface area (Å²) in [6.45, 7) is 0.0560. The van der Waals surface area contributed by atoms with Crippen molar-refractivity contribution < 1.29 is 9.59 Å². The van der Waals surface area contributed by atoms with E-state index in [1.165, 1.54) is 4.90 Å². The summed E-state index contributed by atoms with van der Waals surface area (Å²) in [5.74, 6) is -0.267. The quantitative estimate of drug-likeness (QED) is 0.837. The Balaban J connectivity index is 1.84. The highest BCUT2D eigenvalue weighted by Crippen LogP contribution is 2.29. The van der Waals surface area contributed by atoms with Crippen LogP contribution < -0.4 is 10.2 Å². The summed E-state index contributed by atoms with van der Waals surface area (Å²) in [6.07, 6.45) is 0.260. The van der Waals surface area contributed by atoms with E-state index in [1.54, 1.807) is 6.07 Å². The van der Waals surface area contributed by atoms with Crippen molar-refractivity contribution in [2.45, 2.75) is 11.3 Å². The zero-order valence-corrected chi connectivity index (χ0v) is 12.1. The van der Waals surface area contributed by atoms with Gasteiger partial charge in [0.05, 0.1) is 17.8 Å². The summed E-state index contributed by atoms with van der Waals surface area (Å²) in [5.41, 5.74) is 2.32. The molecule has 106 valence electrons. The molecule has 0 bridgehead atoms. The van der Waals surface area contributed by atoms with Gasteiger partial charge < -0.3 is 10.2 Å². The Morgan fingerprint density at radius 1 is 1.14 bits per heavy atom. The molecule has 0 saturated carbocycles. The molecular weight excluding hydrogens is 284 g/mol. The minimum Gasteiger partial charge on any atom is -0.323 e. The van der Waals surface area contributed by atoms with Crippen molar-refractivity contribution in [2.24, 2.45) is 0 Å². The van der Waals surface area contributed by atoms with Crippen LogP contribution in [0.5, 0.6) is 0 Å². The molecule has 2 aromatic carbocycles. The van der Waals surface area contributed by atoms with E-state index in [0.29, 0.717) is 5.69 Å². The van der Waals surface area contributed by atoms with Crippen molar-refractivity contribution >= 4 is 35.8 Å². The SMILES string of the molecule is O=C1CN(C(=O)Cc2ccc(S)cc2)c2ccccc2N1. The Kier molecular flexibility index (Phi) is 3.66. The maximum Gasteiger partial charge on any atom is 0.244 e. The number of benzene rings is 2. The molecular formula is C16H14N2O2S. The van der Waals surface area contributed by atoms with Crippen LogP contribution in [0.25, 0.3) is 0 Å². The fraction of sp³-hybridized carbons (Fsp3) is 0.125. The number of thiol groups is 1. The lowest BCUT2D eigenvalue weighted by Gasteiger charge is -2.29. The van der Waals surface area contributed by atoms with E-state index in [2.05, 4.69) is 17.9 Å². The number of anilines is 2. The highest BCUT2D eigenvalue weighted by Gasteiger charge is 2.26. The number of rotatable bonds is 2. The zero-order chi connectivity index (χ0) is 14.8. The Hall–Kier alpha value is -2.27. The molecule has 0 atom stereocenters. The Bertz CT molecular complexity index is 698. The average Bonchev–Trinajstić information content (AvgIpc) is 2.48. The summed E-state index contributed by atoms with van der Waals surface area (Å²) >= 11 is 4.22.